The Hall–Kier alpha value is -2.24. The highest BCUT2D eigenvalue weighted by molar-refractivity contribution is 8.00. The van der Waals surface area contributed by atoms with Gasteiger partial charge in [0.15, 0.2) is 0 Å². The summed E-state index contributed by atoms with van der Waals surface area (Å²) < 4.78 is 5.87. The van der Waals surface area contributed by atoms with Crippen LogP contribution in [-0.2, 0) is 4.74 Å². The summed E-state index contributed by atoms with van der Waals surface area (Å²) >= 11 is 3.05. The highest BCUT2D eigenvalue weighted by atomic mass is 32.2. The lowest BCUT2D eigenvalue weighted by molar-refractivity contribution is 0.0606. The van der Waals surface area contributed by atoms with Gasteiger partial charge in [0, 0.05) is 5.69 Å². The van der Waals surface area contributed by atoms with Crippen LogP contribution in [0.1, 0.15) is 9.67 Å². The summed E-state index contributed by atoms with van der Waals surface area (Å²) in [5.41, 5.74) is 4.24. The van der Waals surface area contributed by atoms with Crippen molar-refractivity contribution in [1.29, 1.82) is 0 Å². The molecule has 0 radical (unpaired) electrons. The number of methoxy groups -OCH3 is 1. The fraction of sp³-hybridized carbons (Fsp3) is 0.105. The van der Waals surface area contributed by atoms with E-state index in [1.54, 1.807) is 11.8 Å². The molecule has 1 aromatic heterocycles. The minimum atomic E-state index is -0.304. The van der Waals surface area contributed by atoms with Gasteiger partial charge in [-0.05, 0) is 35.6 Å². The lowest BCUT2D eigenvalue weighted by Crippen LogP contribution is -1.97. The molecule has 0 saturated carbocycles. The Morgan fingerprint density at radius 1 is 1.04 bits per heavy atom. The summed E-state index contributed by atoms with van der Waals surface area (Å²) in [5.74, 6) is -0.304. The normalized spacial score (nSPS) is 10.4. The van der Waals surface area contributed by atoms with Gasteiger partial charge >= 0.3 is 5.97 Å². The molecule has 0 fully saturated rings. The van der Waals surface area contributed by atoms with Crippen molar-refractivity contribution in [3.63, 3.8) is 0 Å². The van der Waals surface area contributed by atoms with Crippen LogP contribution in [0.4, 0.5) is 11.4 Å². The summed E-state index contributed by atoms with van der Waals surface area (Å²) in [6, 6.07) is 20.3. The van der Waals surface area contributed by atoms with Gasteiger partial charge in [0.1, 0.15) is 4.88 Å². The molecule has 1 N–H and O–H groups in total. The number of carbonyl (C=O) groups is 1. The first kappa shape index (κ1) is 16.6. The van der Waals surface area contributed by atoms with E-state index in [-0.39, 0.29) is 5.97 Å². The lowest BCUT2D eigenvalue weighted by atomic mass is 10.1. The second-order valence-electron chi connectivity index (χ2n) is 5.08. The molecular formula is C19H17NO2S2. The molecule has 24 heavy (non-hydrogen) atoms. The Morgan fingerprint density at radius 2 is 1.79 bits per heavy atom. The average Bonchev–Trinajstić information content (AvgIpc) is 3.05. The molecule has 3 rings (SSSR count). The molecule has 0 aliphatic heterocycles. The topological polar surface area (TPSA) is 38.3 Å². The lowest BCUT2D eigenvalue weighted by Gasteiger charge is -2.08. The van der Waals surface area contributed by atoms with E-state index in [1.807, 2.05) is 42.7 Å². The van der Waals surface area contributed by atoms with Gasteiger partial charge in [-0.2, -0.15) is 0 Å². The van der Waals surface area contributed by atoms with E-state index in [9.17, 15) is 4.79 Å². The van der Waals surface area contributed by atoms with E-state index in [1.165, 1.54) is 24.0 Å². The predicted molar refractivity (Wildman–Crippen MR) is 103 cm³/mol. The van der Waals surface area contributed by atoms with Gasteiger partial charge in [0.2, 0.25) is 0 Å². The van der Waals surface area contributed by atoms with Crippen LogP contribution in [0.25, 0.3) is 11.1 Å². The summed E-state index contributed by atoms with van der Waals surface area (Å²) in [6.07, 6.45) is 2.00. The summed E-state index contributed by atoms with van der Waals surface area (Å²) in [7, 11) is 1.40. The van der Waals surface area contributed by atoms with Crippen LogP contribution in [0, 0.1) is 0 Å². The molecule has 122 valence electrons. The third kappa shape index (κ3) is 3.63. The van der Waals surface area contributed by atoms with E-state index in [0.717, 1.165) is 21.1 Å². The fourth-order valence-electron chi connectivity index (χ4n) is 2.38. The van der Waals surface area contributed by atoms with Crippen molar-refractivity contribution in [2.75, 3.05) is 18.7 Å². The largest absolute Gasteiger partial charge is 0.465 e. The molecule has 0 unspecified atom stereocenters. The van der Waals surface area contributed by atoms with Crippen LogP contribution in [0.5, 0.6) is 0 Å². The van der Waals surface area contributed by atoms with E-state index < -0.39 is 0 Å². The van der Waals surface area contributed by atoms with Gasteiger partial charge in [-0.1, -0.05) is 42.5 Å². The number of rotatable bonds is 5. The molecule has 0 atom stereocenters. The average molecular weight is 355 g/mol. The molecule has 2 aromatic carbocycles. The maximum atomic E-state index is 11.7. The Bertz CT molecular complexity index is 844. The smallest absolute Gasteiger partial charge is 0.348 e. The van der Waals surface area contributed by atoms with Crippen LogP contribution in [0.15, 0.2) is 64.9 Å². The van der Waals surface area contributed by atoms with E-state index >= 15 is 0 Å². The number of hydrogen-bond acceptors (Lipinski definition) is 5. The molecular weight excluding hydrogens is 338 g/mol. The molecule has 0 saturated heterocycles. The maximum Gasteiger partial charge on any atom is 0.348 e. The van der Waals surface area contributed by atoms with E-state index in [0.29, 0.717) is 4.88 Å². The molecule has 1 heterocycles. The van der Waals surface area contributed by atoms with E-state index in [4.69, 9.17) is 4.74 Å². The Balaban J connectivity index is 1.89. The second kappa shape index (κ2) is 7.55. The number of hydrogen-bond donors (Lipinski definition) is 1. The van der Waals surface area contributed by atoms with Crippen LogP contribution in [-0.4, -0.2) is 19.3 Å². The van der Waals surface area contributed by atoms with Crippen LogP contribution >= 0.6 is 23.1 Å². The first-order valence-electron chi connectivity index (χ1n) is 7.40. The number of ether oxygens (including phenoxy) is 1. The summed E-state index contributed by atoms with van der Waals surface area (Å²) in [4.78, 5) is 12.3. The van der Waals surface area contributed by atoms with Crippen LogP contribution in [0.3, 0.4) is 0 Å². The third-order valence-electron chi connectivity index (χ3n) is 3.52. The Kier molecular flexibility index (Phi) is 5.23. The highest BCUT2D eigenvalue weighted by Gasteiger charge is 2.15. The standard InChI is InChI=1S/C19H17NO2S2/c1-22-18(21)17-12-16(19(23-2)24-17)20-15-10-6-9-14(11-15)13-7-4-3-5-8-13/h3-12,20H,1-2H3. The zero-order valence-electron chi connectivity index (χ0n) is 13.4. The predicted octanol–water partition coefficient (Wildman–Crippen LogP) is 5.67. The number of nitrogens with one attached hydrogen (secondary N) is 1. The van der Waals surface area contributed by atoms with Crippen molar-refractivity contribution in [3.8, 4) is 11.1 Å². The number of esters is 1. The highest BCUT2D eigenvalue weighted by Crippen LogP contribution is 2.37. The van der Waals surface area contributed by atoms with Crippen molar-refractivity contribution >= 4 is 40.4 Å². The number of thiophene rings is 1. The molecule has 0 aliphatic rings. The first-order chi connectivity index (χ1) is 11.7. The third-order valence-corrected chi connectivity index (χ3v) is 5.77. The van der Waals surface area contributed by atoms with Gasteiger partial charge in [0.25, 0.3) is 0 Å². The van der Waals surface area contributed by atoms with Gasteiger partial charge in [-0.3, -0.25) is 0 Å². The van der Waals surface area contributed by atoms with Gasteiger partial charge in [-0.25, -0.2) is 4.79 Å². The number of carbonyl (C=O) groups excluding carboxylic acids is 1. The molecule has 3 aromatic rings. The van der Waals surface area contributed by atoms with Gasteiger partial charge < -0.3 is 10.1 Å². The molecule has 3 nitrogen and oxygen atoms in total. The number of benzene rings is 2. The van der Waals surface area contributed by atoms with E-state index in [2.05, 4.69) is 29.6 Å². The zero-order valence-corrected chi connectivity index (χ0v) is 15.0. The van der Waals surface area contributed by atoms with Crippen molar-refractivity contribution in [1.82, 2.24) is 0 Å². The zero-order chi connectivity index (χ0) is 16.9. The summed E-state index contributed by atoms with van der Waals surface area (Å²) in [5, 5.41) is 3.41. The summed E-state index contributed by atoms with van der Waals surface area (Å²) in [6.45, 7) is 0. The van der Waals surface area contributed by atoms with Crippen molar-refractivity contribution in [2.45, 2.75) is 4.21 Å². The molecule has 0 amide bonds. The SMILES string of the molecule is COC(=O)c1cc(Nc2cccc(-c3ccccc3)c2)c(SC)s1. The van der Waals surface area contributed by atoms with Crippen LogP contribution in [0.2, 0.25) is 0 Å². The second-order valence-corrected chi connectivity index (χ2v) is 7.21. The minimum absolute atomic E-state index is 0.304. The molecule has 0 spiro atoms. The molecule has 0 aliphatic carbocycles. The minimum Gasteiger partial charge on any atom is -0.465 e. The Labute approximate surface area is 149 Å². The molecule has 5 heteroatoms. The van der Waals surface area contributed by atoms with Gasteiger partial charge in [0.05, 0.1) is 17.0 Å². The van der Waals surface area contributed by atoms with Crippen molar-refractivity contribution in [2.24, 2.45) is 0 Å². The van der Waals surface area contributed by atoms with Crippen LogP contribution < -0.4 is 5.32 Å². The number of thioether (sulfide) groups is 1. The van der Waals surface area contributed by atoms with Crippen molar-refractivity contribution in [3.05, 3.63) is 65.5 Å². The van der Waals surface area contributed by atoms with Gasteiger partial charge in [-0.15, -0.1) is 23.1 Å². The fourth-order valence-corrected chi connectivity index (χ4v) is 4.07. The quantitative estimate of drug-likeness (QED) is 0.473. The maximum absolute atomic E-state index is 11.7. The first-order valence-corrected chi connectivity index (χ1v) is 9.44. The number of anilines is 2. The monoisotopic (exact) mass is 355 g/mol. The Morgan fingerprint density at radius 3 is 2.50 bits per heavy atom. The van der Waals surface area contributed by atoms with Crippen molar-refractivity contribution < 1.29 is 9.53 Å². The molecule has 0 bridgehead atoms.